The van der Waals surface area contributed by atoms with Crippen LogP contribution in [0.2, 0.25) is 5.02 Å². The van der Waals surface area contributed by atoms with Gasteiger partial charge in [-0.05, 0) is 112 Å². The Morgan fingerprint density at radius 3 is 2.39 bits per heavy atom. The van der Waals surface area contributed by atoms with Crippen molar-refractivity contribution in [2.45, 2.75) is 78.2 Å². The Morgan fingerprint density at radius 2 is 1.59 bits per heavy atom. The number of hydrogen-bond acceptors (Lipinski definition) is 8. The van der Waals surface area contributed by atoms with Gasteiger partial charge in [0.1, 0.15) is 36.5 Å². The lowest BCUT2D eigenvalue weighted by atomic mass is 9.93. The molecule has 9 heteroatoms. The first-order valence-electron chi connectivity index (χ1n) is 18.2. The summed E-state index contributed by atoms with van der Waals surface area (Å²) in [5.41, 5.74) is 7.93. The van der Waals surface area contributed by atoms with Crippen molar-refractivity contribution in [1.82, 2.24) is 14.8 Å². The topological polar surface area (TPSA) is 91.1 Å². The molecule has 1 aromatic heterocycles. The van der Waals surface area contributed by atoms with Gasteiger partial charge in [0.2, 0.25) is 0 Å². The first-order valence-corrected chi connectivity index (χ1v) is 18.6. The number of β-amino-alcohol motifs (C(OH)–C–C–N with tert-alkyl or cyclic N) is 1. The van der Waals surface area contributed by atoms with E-state index in [2.05, 4.69) is 65.0 Å². The highest BCUT2D eigenvalue weighted by Gasteiger charge is 2.19. The summed E-state index contributed by atoms with van der Waals surface area (Å²) >= 11 is 6.88. The van der Waals surface area contributed by atoms with E-state index in [1.807, 2.05) is 18.2 Å². The third kappa shape index (κ3) is 9.81. The second kappa shape index (κ2) is 17.9. The van der Waals surface area contributed by atoms with Crippen LogP contribution in [-0.2, 0) is 19.8 Å². The van der Waals surface area contributed by atoms with Crippen LogP contribution in [0.3, 0.4) is 0 Å². The number of likely N-dealkylation sites (tertiary alicyclic amines) is 2. The molecule has 6 rings (SSSR count). The molecule has 268 valence electrons. The van der Waals surface area contributed by atoms with E-state index in [1.165, 1.54) is 19.3 Å². The molecular weight excluding hydrogens is 660 g/mol. The molecule has 2 saturated heterocycles. The number of hydrogen-bond donors (Lipinski definition) is 1. The fourth-order valence-electron chi connectivity index (χ4n) is 7.15. The second-order valence-corrected chi connectivity index (χ2v) is 14.2. The molecule has 2 aliphatic rings. The lowest BCUT2D eigenvalue weighted by Crippen LogP contribution is -2.39. The Bertz CT molecular complexity index is 1820. The molecule has 8 nitrogen and oxygen atoms in total. The van der Waals surface area contributed by atoms with E-state index in [4.69, 9.17) is 25.8 Å². The van der Waals surface area contributed by atoms with Gasteiger partial charge in [0.15, 0.2) is 0 Å². The highest BCUT2D eigenvalue weighted by Crippen LogP contribution is 2.37. The lowest BCUT2D eigenvalue weighted by molar-refractivity contribution is 0.0679. The minimum Gasteiger partial charge on any atom is -0.493 e. The number of aromatic nitrogens is 1. The Kier molecular flexibility index (Phi) is 12.8. The van der Waals surface area contributed by atoms with Crippen LogP contribution in [0, 0.1) is 25.2 Å². The van der Waals surface area contributed by atoms with Crippen molar-refractivity contribution in [1.29, 1.82) is 5.26 Å². The van der Waals surface area contributed by atoms with Crippen LogP contribution >= 0.6 is 11.6 Å². The van der Waals surface area contributed by atoms with Gasteiger partial charge in [0.05, 0.1) is 23.3 Å². The van der Waals surface area contributed by atoms with Gasteiger partial charge in [0.25, 0.3) is 0 Å². The largest absolute Gasteiger partial charge is 0.493 e. The van der Waals surface area contributed by atoms with E-state index in [-0.39, 0.29) is 12.7 Å². The van der Waals surface area contributed by atoms with E-state index >= 15 is 0 Å². The molecule has 3 heterocycles. The van der Waals surface area contributed by atoms with E-state index < -0.39 is 0 Å². The van der Waals surface area contributed by atoms with Gasteiger partial charge >= 0.3 is 0 Å². The minimum atomic E-state index is -0.204. The maximum Gasteiger partial charge on any atom is 0.142 e. The van der Waals surface area contributed by atoms with Crippen LogP contribution in [0.4, 0.5) is 0 Å². The molecule has 1 unspecified atom stereocenters. The van der Waals surface area contributed by atoms with E-state index in [1.54, 1.807) is 18.5 Å². The number of piperidine rings is 2. The molecular formula is C42H49ClN4O4. The zero-order valence-electron chi connectivity index (χ0n) is 29.9. The highest BCUT2D eigenvalue weighted by atomic mass is 35.5. The number of ether oxygens (including phenoxy) is 3. The van der Waals surface area contributed by atoms with Crippen LogP contribution in [-0.4, -0.2) is 65.3 Å². The predicted molar refractivity (Wildman–Crippen MR) is 201 cm³/mol. The summed E-state index contributed by atoms with van der Waals surface area (Å²) in [6.07, 6.45) is 9.60. The summed E-state index contributed by atoms with van der Waals surface area (Å²) in [7, 11) is 0. The zero-order chi connectivity index (χ0) is 35.6. The molecule has 0 radical (unpaired) electrons. The Morgan fingerprint density at radius 1 is 0.824 bits per heavy atom. The van der Waals surface area contributed by atoms with Crippen molar-refractivity contribution in [2.24, 2.45) is 0 Å². The second-order valence-electron chi connectivity index (χ2n) is 13.8. The molecule has 2 fully saturated rings. The summed E-state index contributed by atoms with van der Waals surface area (Å²) in [5.74, 6) is 2.17. The van der Waals surface area contributed by atoms with Crippen LogP contribution in [0.25, 0.3) is 11.1 Å². The first-order chi connectivity index (χ1) is 24.9. The molecule has 3 aromatic carbocycles. The van der Waals surface area contributed by atoms with Gasteiger partial charge in [-0.2, -0.15) is 5.26 Å². The fourth-order valence-corrected chi connectivity index (χ4v) is 7.39. The summed E-state index contributed by atoms with van der Waals surface area (Å²) in [4.78, 5) is 8.96. The van der Waals surface area contributed by atoms with Crippen molar-refractivity contribution < 1.29 is 19.3 Å². The third-order valence-corrected chi connectivity index (χ3v) is 10.3. The summed E-state index contributed by atoms with van der Waals surface area (Å²) in [6.45, 7) is 11.1. The molecule has 51 heavy (non-hydrogen) atoms. The summed E-state index contributed by atoms with van der Waals surface area (Å²) in [6, 6.07) is 20.4. The molecule has 0 saturated carbocycles. The minimum absolute atomic E-state index is 0.204. The number of benzene rings is 3. The SMILES string of the molecule is Cc1c(COc2cc(OCc3cncc(C#N)c3)c(CN3CCCCC3)cc2Cl)cccc1-c1cccc(OCCCN2CCCC(O)C2)c1C. The molecule has 0 bridgehead atoms. The third-order valence-electron chi connectivity index (χ3n) is 10.0. The van der Waals surface area contributed by atoms with E-state index in [9.17, 15) is 10.4 Å². The molecule has 2 aliphatic heterocycles. The average Bonchev–Trinajstić information content (AvgIpc) is 3.14. The van der Waals surface area contributed by atoms with Crippen LogP contribution < -0.4 is 14.2 Å². The number of aliphatic hydroxyl groups excluding tert-OH is 1. The number of pyridine rings is 1. The quantitative estimate of drug-likeness (QED) is 0.131. The number of rotatable bonds is 14. The maximum absolute atomic E-state index is 9.97. The lowest BCUT2D eigenvalue weighted by Gasteiger charge is -2.29. The Balaban J connectivity index is 1.15. The van der Waals surface area contributed by atoms with Crippen molar-refractivity contribution in [3.8, 4) is 34.4 Å². The molecule has 1 N–H and O–H groups in total. The van der Waals surface area contributed by atoms with Crippen LogP contribution in [0.5, 0.6) is 17.2 Å². The van der Waals surface area contributed by atoms with Crippen LogP contribution in [0.1, 0.15) is 71.9 Å². The maximum atomic E-state index is 9.97. The van der Waals surface area contributed by atoms with Gasteiger partial charge in [-0.25, -0.2) is 0 Å². The van der Waals surface area contributed by atoms with Crippen molar-refractivity contribution in [3.05, 3.63) is 105 Å². The number of halogens is 1. The normalized spacial score (nSPS) is 16.8. The van der Waals surface area contributed by atoms with Gasteiger partial charge in [-0.15, -0.1) is 0 Å². The van der Waals surface area contributed by atoms with Crippen molar-refractivity contribution in [3.63, 3.8) is 0 Å². The zero-order valence-corrected chi connectivity index (χ0v) is 30.6. The summed E-state index contributed by atoms with van der Waals surface area (Å²) in [5, 5.41) is 19.8. The molecule has 1 atom stereocenters. The Hall–Kier alpha value is -4.13. The number of nitrogens with zero attached hydrogens (tertiary/aromatic N) is 4. The Labute approximate surface area is 307 Å². The van der Waals surface area contributed by atoms with E-state index in [0.29, 0.717) is 35.3 Å². The smallest absolute Gasteiger partial charge is 0.142 e. The van der Waals surface area contributed by atoms with Crippen molar-refractivity contribution in [2.75, 3.05) is 39.3 Å². The molecule has 4 aromatic rings. The van der Waals surface area contributed by atoms with Gasteiger partial charge in [-0.3, -0.25) is 9.88 Å². The van der Waals surface area contributed by atoms with Gasteiger partial charge in [0, 0.05) is 49.2 Å². The number of nitriles is 1. The van der Waals surface area contributed by atoms with Gasteiger partial charge in [-0.1, -0.05) is 48.4 Å². The van der Waals surface area contributed by atoms with Crippen LogP contribution in [0.15, 0.2) is 67.0 Å². The van der Waals surface area contributed by atoms with Gasteiger partial charge < -0.3 is 24.2 Å². The first kappa shape index (κ1) is 36.7. The monoisotopic (exact) mass is 708 g/mol. The highest BCUT2D eigenvalue weighted by molar-refractivity contribution is 6.32. The van der Waals surface area contributed by atoms with E-state index in [0.717, 1.165) is 103 Å². The molecule has 0 aliphatic carbocycles. The number of aliphatic hydroxyl groups is 1. The molecule has 0 spiro atoms. The average molecular weight is 709 g/mol. The van der Waals surface area contributed by atoms with Crippen molar-refractivity contribution >= 4 is 11.6 Å². The standard InChI is InChI=1S/C42H49ClN4O4/c1-30-34(10-6-12-37(30)38-13-7-14-40(31(38)2)49-19-9-18-47-17-8-11-36(48)27-47)29-51-42-22-41(50-28-33-20-32(23-44)24-45-25-33)35(21-39(42)43)26-46-15-4-3-5-16-46/h6-7,10,12-14,20-22,24-25,36,48H,3-5,8-9,11,15-19,26-29H2,1-2H3. The fraction of sp³-hybridized carbons (Fsp3) is 0.429. The summed E-state index contributed by atoms with van der Waals surface area (Å²) < 4.78 is 19.1. The molecule has 0 amide bonds. The predicted octanol–water partition coefficient (Wildman–Crippen LogP) is 8.26.